The van der Waals surface area contributed by atoms with Gasteiger partial charge in [0.25, 0.3) is 0 Å². The molecule has 5 heteroatoms. The van der Waals surface area contributed by atoms with Gasteiger partial charge >= 0.3 is 5.97 Å². The molecule has 2 aromatic heterocycles. The molecule has 2 rings (SSSR count). The lowest BCUT2D eigenvalue weighted by atomic mass is 10.2. The molecule has 1 N–H and O–H groups in total. The largest absolute Gasteiger partial charge is 0.481 e. The Morgan fingerprint density at radius 1 is 1.69 bits per heavy atom. The maximum atomic E-state index is 10.3. The summed E-state index contributed by atoms with van der Waals surface area (Å²) >= 11 is 1.55. The van der Waals surface area contributed by atoms with Crippen LogP contribution in [0.25, 0.3) is 4.96 Å². The lowest BCUT2D eigenvalue weighted by Gasteiger charge is -1.89. The third-order valence-corrected chi connectivity index (χ3v) is 2.51. The Balaban J connectivity index is 2.15. The van der Waals surface area contributed by atoms with E-state index in [1.54, 1.807) is 11.3 Å². The first kappa shape index (κ1) is 8.25. The fourth-order valence-electron chi connectivity index (χ4n) is 1.13. The van der Waals surface area contributed by atoms with E-state index in [4.69, 9.17) is 5.11 Å². The summed E-state index contributed by atoms with van der Waals surface area (Å²) in [6.45, 7) is 0. The number of aromatic nitrogens is 2. The fraction of sp³-hybridized carbons (Fsp3) is 0.250. The minimum absolute atomic E-state index is 0.144. The molecule has 0 amide bonds. The Labute approximate surface area is 78.5 Å². The Morgan fingerprint density at radius 3 is 3.23 bits per heavy atom. The second-order valence-electron chi connectivity index (χ2n) is 2.72. The fourth-order valence-corrected chi connectivity index (χ4v) is 1.85. The van der Waals surface area contributed by atoms with Gasteiger partial charge in [0.05, 0.1) is 12.1 Å². The van der Waals surface area contributed by atoms with Gasteiger partial charge in [-0.1, -0.05) is 0 Å². The smallest absolute Gasteiger partial charge is 0.303 e. The van der Waals surface area contributed by atoms with Gasteiger partial charge in [0.15, 0.2) is 4.96 Å². The molecular formula is C8H8N2O2S. The predicted octanol–water partition coefficient (Wildman–Crippen LogP) is 1.41. The summed E-state index contributed by atoms with van der Waals surface area (Å²) in [4.78, 5) is 15.5. The normalized spacial score (nSPS) is 10.8. The molecule has 0 bridgehead atoms. The topological polar surface area (TPSA) is 54.6 Å². The quantitative estimate of drug-likeness (QED) is 0.807. The number of hydrogen-bond donors (Lipinski definition) is 1. The van der Waals surface area contributed by atoms with E-state index in [1.807, 2.05) is 22.2 Å². The van der Waals surface area contributed by atoms with Gasteiger partial charge in [0.2, 0.25) is 0 Å². The van der Waals surface area contributed by atoms with Gasteiger partial charge in [0.1, 0.15) is 0 Å². The highest BCUT2D eigenvalue weighted by Crippen LogP contribution is 2.12. The lowest BCUT2D eigenvalue weighted by molar-refractivity contribution is -0.136. The standard InChI is InChI=1S/C8H8N2O2S/c11-7(12)2-1-6-5-10-3-4-13-8(10)9-6/h3-5H,1-2H2,(H,11,12). The summed E-state index contributed by atoms with van der Waals surface area (Å²) in [6, 6.07) is 0. The number of aryl methyl sites for hydroxylation is 1. The summed E-state index contributed by atoms with van der Waals surface area (Å²) in [5, 5.41) is 10.4. The third-order valence-electron chi connectivity index (χ3n) is 1.74. The molecular weight excluding hydrogens is 188 g/mol. The molecule has 2 heterocycles. The molecule has 0 aromatic carbocycles. The van der Waals surface area contributed by atoms with Gasteiger partial charge in [-0.3, -0.25) is 9.20 Å². The number of aliphatic carboxylic acids is 1. The number of hydrogen-bond acceptors (Lipinski definition) is 3. The zero-order valence-corrected chi connectivity index (χ0v) is 7.62. The van der Waals surface area contributed by atoms with Crippen molar-refractivity contribution in [3.05, 3.63) is 23.5 Å². The molecule has 0 saturated carbocycles. The molecule has 0 saturated heterocycles. The van der Waals surface area contributed by atoms with Crippen LogP contribution in [-0.2, 0) is 11.2 Å². The molecule has 0 aliphatic carbocycles. The Morgan fingerprint density at radius 2 is 2.54 bits per heavy atom. The Hall–Kier alpha value is -1.36. The number of carboxylic acid groups (broad SMARTS) is 1. The number of carboxylic acids is 1. The first-order chi connectivity index (χ1) is 6.25. The summed E-state index contributed by atoms with van der Waals surface area (Å²) in [6.07, 6.45) is 4.43. The average molecular weight is 196 g/mol. The van der Waals surface area contributed by atoms with E-state index < -0.39 is 5.97 Å². The molecule has 0 atom stereocenters. The molecule has 0 aliphatic rings. The summed E-state index contributed by atoms with van der Waals surface area (Å²) in [5.41, 5.74) is 0.842. The van der Waals surface area contributed by atoms with Crippen molar-refractivity contribution in [3.8, 4) is 0 Å². The lowest BCUT2D eigenvalue weighted by Crippen LogP contribution is -1.97. The van der Waals surface area contributed by atoms with Crippen molar-refractivity contribution in [2.45, 2.75) is 12.8 Å². The monoisotopic (exact) mass is 196 g/mol. The molecule has 0 radical (unpaired) electrons. The molecule has 0 fully saturated rings. The van der Waals surface area contributed by atoms with Crippen molar-refractivity contribution in [2.75, 3.05) is 0 Å². The van der Waals surface area contributed by atoms with E-state index in [0.29, 0.717) is 6.42 Å². The minimum atomic E-state index is -0.781. The average Bonchev–Trinajstić information content (AvgIpc) is 2.58. The van der Waals surface area contributed by atoms with Crippen molar-refractivity contribution >= 4 is 22.3 Å². The van der Waals surface area contributed by atoms with Gasteiger partial charge in [-0.05, 0) is 0 Å². The van der Waals surface area contributed by atoms with Crippen molar-refractivity contribution < 1.29 is 9.90 Å². The Bertz CT molecular complexity index is 403. The van der Waals surface area contributed by atoms with Crippen LogP contribution in [0.15, 0.2) is 17.8 Å². The maximum absolute atomic E-state index is 10.3. The summed E-state index contributed by atoms with van der Waals surface area (Å²) in [5.74, 6) is -0.781. The van der Waals surface area contributed by atoms with E-state index >= 15 is 0 Å². The number of thiazole rings is 1. The molecule has 2 aromatic rings. The number of imidazole rings is 1. The number of nitrogens with zero attached hydrogens (tertiary/aromatic N) is 2. The molecule has 0 spiro atoms. The summed E-state index contributed by atoms with van der Waals surface area (Å²) in [7, 11) is 0. The van der Waals surface area contributed by atoms with Crippen LogP contribution in [0, 0.1) is 0 Å². The van der Waals surface area contributed by atoms with Gasteiger partial charge < -0.3 is 5.11 Å². The highest BCUT2D eigenvalue weighted by atomic mass is 32.1. The number of rotatable bonds is 3. The Kier molecular flexibility index (Phi) is 2.02. The SMILES string of the molecule is O=C(O)CCc1cn2ccsc2n1. The number of carbonyl (C=O) groups is 1. The molecule has 13 heavy (non-hydrogen) atoms. The highest BCUT2D eigenvalue weighted by Gasteiger charge is 2.04. The van der Waals surface area contributed by atoms with Crippen molar-refractivity contribution in [1.29, 1.82) is 0 Å². The first-order valence-electron chi connectivity index (χ1n) is 3.88. The molecule has 0 aliphatic heterocycles. The van der Waals surface area contributed by atoms with E-state index in [1.165, 1.54) is 0 Å². The highest BCUT2D eigenvalue weighted by molar-refractivity contribution is 7.15. The van der Waals surface area contributed by atoms with Crippen LogP contribution in [0.3, 0.4) is 0 Å². The zero-order chi connectivity index (χ0) is 9.26. The van der Waals surface area contributed by atoms with E-state index in [0.717, 1.165) is 10.7 Å². The van der Waals surface area contributed by atoms with E-state index in [-0.39, 0.29) is 6.42 Å². The van der Waals surface area contributed by atoms with E-state index in [9.17, 15) is 4.79 Å². The number of fused-ring (bicyclic) bond motifs is 1. The van der Waals surface area contributed by atoms with Crippen LogP contribution < -0.4 is 0 Å². The van der Waals surface area contributed by atoms with Crippen LogP contribution in [0.2, 0.25) is 0 Å². The third kappa shape index (κ3) is 1.70. The van der Waals surface area contributed by atoms with Crippen LogP contribution in [-0.4, -0.2) is 20.5 Å². The second kappa shape index (κ2) is 3.18. The van der Waals surface area contributed by atoms with E-state index in [2.05, 4.69) is 4.98 Å². The zero-order valence-electron chi connectivity index (χ0n) is 6.80. The van der Waals surface area contributed by atoms with Crippen molar-refractivity contribution in [3.63, 3.8) is 0 Å². The molecule has 0 unspecified atom stereocenters. The molecule has 68 valence electrons. The first-order valence-corrected chi connectivity index (χ1v) is 4.76. The maximum Gasteiger partial charge on any atom is 0.303 e. The van der Waals surface area contributed by atoms with Crippen molar-refractivity contribution in [1.82, 2.24) is 9.38 Å². The van der Waals surface area contributed by atoms with Gasteiger partial charge in [-0.2, -0.15) is 0 Å². The minimum Gasteiger partial charge on any atom is -0.481 e. The van der Waals surface area contributed by atoms with Crippen LogP contribution in [0.4, 0.5) is 0 Å². The van der Waals surface area contributed by atoms with Crippen molar-refractivity contribution in [2.24, 2.45) is 0 Å². The molecule has 4 nitrogen and oxygen atoms in total. The van der Waals surface area contributed by atoms with Crippen LogP contribution in [0.1, 0.15) is 12.1 Å². The second-order valence-corrected chi connectivity index (χ2v) is 3.59. The van der Waals surface area contributed by atoms with Gasteiger partial charge in [0, 0.05) is 24.2 Å². The summed E-state index contributed by atoms with van der Waals surface area (Å²) < 4.78 is 1.90. The van der Waals surface area contributed by atoms with Crippen LogP contribution in [0.5, 0.6) is 0 Å². The predicted molar refractivity (Wildman–Crippen MR) is 49.0 cm³/mol. The van der Waals surface area contributed by atoms with Gasteiger partial charge in [-0.25, -0.2) is 4.98 Å². The van der Waals surface area contributed by atoms with Crippen LogP contribution >= 0.6 is 11.3 Å². The van der Waals surface area contributed by atoms with Gasteiger partial charge in [-0.15, -0.1) is 11.3 Å².